The lowest BCUT2D eigenvalue weighted by Gasteiger charge is -2.32. The molecule has 1 aliphatic rings. The fourth-order valence-corrected chi connectivity index (χ4v) is 2.68. The molecular weight excluding hydrogens is 318 g/mol. The summed E-state index contributed by atoms with van der Waals surface area (Å²) >= 11 is 3.06. The molecule has 2 N–H and O–H groups in total. The molecule has 1 aromatic carbocycles. The van der Waals surface area contributed by atoms with E-state index in [2.05, 4.69) is 26.6 Å². The molecule has 3 nitrogen and oxygen atoms in total. The van der Waals surface area contributed by atoms with Gasteiger partial charge < -0.3 is 10.6 Å². The van der Waals surface area contributed by atoms with Crippen molar-refractivity contribution in [3.05, 3.63) is 28.2 Å². The Labute approximate surface area is 118 Å². The van der Waals surface area contributed by atoms with Crippen LogP contribution in [-0.4, -0.2) is 19.0 Å². The third-order valence-electron chi connectivity index (χ3n) is 3.39. The Balaban J connectivity index is 2.19. The largest absolute Gasteiger partial charge is 0.322 e. The number of halogens is 3. The standard InChI is InChI=1S/C13H15BrF2N2O/c1-13(3-2-4-17-7-13)12(19)18-11-9(14)5-8(15)6-10(11)16/h5-6,17H,2-4,7H2,1H3,(H,18,19). The van der Waals surface area contributed by atoms with Crippen LogP contribution in [0.5, 0.6) is 0 Å². The Morgan fingerprint density at radius 2 is 2.21 bits per heavy atom. The van der Waals surface area contributed by atoms with E-state index in [9.17, 15) is 13.6 Å². The van der Waals surface area contributed by atoms with Crippen LogP contribution in [0.2, 0.25) is 0 Å². The average molecular weight is 333 g/mol. The van der Waals surface area contributed by atoms with Crippen LogP contribution in [0.25, 0.3) is 0 Å². The summed E-state index contributed by atoms with van der Waals surface area (Å²) in [7, 11) is 0. The minimum Gasteiger partial charge on any atom is -0.322 e. The van der Waals surface area contributed by atoms with E-state index in [1.807, 2.05) is 6.92 Å². The van der Waals surface area contributed by atoms with Gasteiger partial charge in [-0.1, -0.05) is 0 Å². The molecule has 1 aromatic rings. The summed E-state index contributed by atoms with van der Waals surface area (Å²) in [6.07, 6.45) is 1.64. The molecule has 1 atom stereocenters. The second-order valence-corrected chi connectivity index (χ2v) is 5.89. The number of anilines is 1. The maximum Gasteiger partial charge on any atom is 0.231 e. The van der Waals surface area contributed by atoms with Crippen molar-refractivity contribution in [1.82, 2.24) is 5.32 Å². The smallest absolute Gasteiger partial charge is 0.231 e. The lowest BCUT2D eigenvalue weighted by molar-refractivity contribution is -0.125. The third-order valence-corrected chi connectivity index (χ3v) is 4.02. The Kier molecular flexibility index (Phi) is 4.20. The SMILES string of the molecule is CC1(C(=O)Nc2c(F)cc(F)cc2Br)CCCNC1. The van der Waals surface area contributed by atoms with Gasteiger partial charge in [0.1, 0.15) is 5.82 Å². The molecule has 1 unspecified atom stereocenters. The number of piperidine rings is 1. The first-order valence-electron chi connectivity index (χ1n) is 6.09. The zero-order valence-corrected chi connectivity index (χ0v) is 12.1. The van der Waals surface area contributed by atoms with Crippen LogP contribution in [0.1, 0.15) is 19.8 Å². The molecule has 0 spiro atoms. The number of benzene rings is 1. The summed E-state index contributed by atoms with van der Waals surface area (Å²) in [5.41, 5.74) is -0.586. The maximum atomic E-state index is 13.7. The number of hydrogen-bond acceptors (Lipinski definition) is 2. The second kappa shape index (κ2) is 5.54. The van der Waals surface area contributed by atoms with Crippen LogP contribution in [0.15, 0.2) is 16.6 Å². The van der Waals surface area contributed by atoms with E-state index in [0.717, 1.165) is 31.5 Å². The first-order valence-corrected chi connectivity index (χ1v) is 6.88. The van der Waals surface area contributed by atoms with Gasteiger partial charge in [0, 0.05) is 17.1 Å². The van der Waals surface area contributed by atoms with Crippen LogP contribution in [0, 0.1) is 17.0 Å². The van der Waals surface area contributed by atoms with E-state index in [1.54, 1.807) is 0 Å². The Morgan fingerprint density at radius 3 is 2.79 bits per heavy atom. The number of nitrogens with one attached hydrogen (secondary N) is 2. The summed E-state index contributed by atoms with van der Waals surface area (Å²) in [5.74, 6) is -1.73. The molecule has 0 saturated carbocycles. The quantitative estimate of drug-likeness (QED) is 0.873. The summed E-state index contributed by atoms with van der Waals surface area (Å²) in [6.45, 7) is 3.28. The summed E-state index contributed by atoms with van der Waals surface area (Å²) in [4.78, 5) is 12.2. The summed E-state index contributed by atoms with van der Waals surface area (Å²) < 4.78 is 26.8. The molecular formula is C13H15BrF2N2O. The number of carbonyl (C=O) groups excluding carboxylic acids is 1. The molecule has 1 amide bonds. The van der Waals surface area contributed by atoms with Gasteiger partial charge in [0.15, 0.2) is 5.82 Å². The molecule has 0 bridgehead atoms. The average Bonchev–Trinajstić information content (AvgIpc) is 2.34. The van der Waals surface area contributed by atoms with E-state index in [4.69, 9.17) is 0 Å². The molecule has 0 aliphatic carbocycles. The molecule has 0 radical (unpaired) electrons. The van der Waals surface area contributed by atoms with E-state index in [1.165, 1.54) is 0 Å². The van der Waals surface area contributed by atoms with E-state index in [0.29, 0.717) is 6.54 Å². The first kappa shape index (κ1) is 14.4. The van der Waals surface area contributed by atoms with Gasteiger partial charge in [0.25, 0.3) is 0 Å². The van der Waals surface area contributed by atoms with Crippen molar-refractivity contribution < 1.29 is 13.6 Å². The van der Waals surface area contributed by atoms with Gasteiger partial charge in [0.2, 0.25) is 5.91 Å². The van der Waals surface area contributed by atoms with Crippen molar-refractivity contribution >= 4 is 27.5 Å². The van der Waals surface area contributed by atoms with Gasteiger partial charge in [-0.3, -0.25) is 4.79 Å². The minimum atomic E-state index is -0.785. The summed E-state index contributed by atoms with van der Waals surface area (Å²) in [6, 6.07) is 1.88. The van der Waals surface area contributed by atoms with Crippen LogP contribution >= 0.6 is 15.9 Å². The van der Waals surface area contributed by atoms with Crippen molar-refractivity contribution in [1.29, 1.82) is 0 Å². The number of carbonyl (C=O) groups is 1. The van der Waals surface area contributed by atoms with Crippen LogP contribution < -0.4 is 10.6 Å². The Bertz CT molecular complexity index is 478. The van der Waals surface area contributed by atoms with E-state index >= 15 is 0 Å². The van der Waals surface area contributed by atoms with Gasteiger partial charge in [-0.2, -0.15) is 0 Å². The summed E-state index contributed by atoms with van der Waals surface area (Å²) in [5, 5.41) is 5.70. The van der Waals surface area contributed by atoms with Gasteiger partial charge >= 0.3 is 0 Å². The molecule has 1 heterocycles. The highest BCUT2D eigenvalue weighted by molar-refractivity contribution is 9.10. The Morgan fingerprint density at radius 1 is 1.47 bits per heavy atom. The zero-order valence-electron chi connectivity index (χ0n) is 10.5. The molecule has 19 heavy (non-hydrogen) atoms. The van der Waals surface area contributed by atoms with E-state index < -0.39 is 17.0 Å². The first-order chi connectivity index (χ1) is 8.92. The van der Waals surface area contributed by atoms with E-state index in [-0.39, 0.29) is 16.1 Å². The van der Waals surface area contributed by atoms with Crippen molar-refractivity contribution in [2.45, 2.75) is 19.8 Å². The fourth-order valence-electron chi connectivity index (χ4n) is 2.18. The molecule has 1 aliphatic heterocycles. The van der Waals surface area contributed by atoms with Crippen molar-refractivity contribution in [2.24, 2.45) is 5.41 Å². The van der Waals surface area contributed by atoms with Crippen LogP contribution in [0.3, 0.4) is 0 Å². The topological polar surface area (TPSA) is 41.1 Å². The predicted octanol–water partition coefficient (Wildman–Crippen LogP) is 3.06. The van der Waals surface area contributed by atoms with Crippen molar-refractivity contribution in [2.75, 3.05) is 18.4 Å². The Hall–Kier alpha value is -1.01. The molecule has 6 heteroatoms. The van der Waals surface area contributed by atoms with Crippen molar-refractivity contribution in [3.63, 3.8) is 0 Å². The molecule has 2 rings (SSSR count). The highest BCUT2D eigenvalue weighted by Gasteiger charge is 2.35. The van der Waals surface area contributed by atoms with Crippen molar-refractivity contribution in [3.8, 4) is 0 Å². The monoisotopic (exact) mass is 332 g/mol. The van der Waals surface area contributed by atoms with Gasteiger partial charge in [-0.05, 0) is 48.3 Å². The lowest BCUT2D eigenvalue weighted by Crippen LogP contribution is -2.46. The highest BCUT2D eigenvalue weighted by Crippen LogP contribution is 2.31. The molecule has 1 saturated heterocycles. The number of rotatable bonds is 2. The number of hydrogen-bond donors (Lipinski definition) is 2. The second-order valence-electron chi connectivity index (χ2n) is 5.04. The predicted molar refractivity (Wildman–Crippen MR) is 72.9 cm³/mol. The highest BCUT2D eigenvalue weighted by atomic mass is 79.9. The fraction of sp³-hybridized carbons (Fsp3) is 0.462. The van der Waals surface area contributed by atoms with Crippen LogP contribution in [0.4, 0.5) is 14.5 Å². The molecule has 104 valence electrons. The lowest BCUT2D eigenvalue weighted by atomic mass is 9.82. The zero-order chi connectivity index (χ0) is 14.0. The van der Waals surface area contributed by atoms with Gasteiger partial charge in [-0.15, -0.1) is 0 Å². The molecule has 0 aromatic heterocycles. The van der Waals surface area contributed by atoms with Gasteiger partial charge in [-0.25, -0.2) is 8.78 Å². The number of amides is 1. The molecule has 1 fully saturated rings. The van der Waals surface area contributed by atoms with Crippen LogP contribution in [-0.2, 0) is 4.79 Å². The van der Waals surface area contributed by atoms with Gasteiger partial charge in [0.05, 0.1) is 11.1 Å². The maximum absolute atomic E-state index is 13.7. The third kappa shape index (κ3) is 3.12. The normalized spacial score (nSPS) is 23.2. The minimum absolute atomic E-state index is 0.0156.